The Hall–Kier alpha value is -1.92. The van der Waals surface area contributed by atoms with E-state index in [-0.39, 0.29) is 21.4 Å². The summed E-state index contributed by atoms with van der Waals surface area (Å²) in [5.41, 5.74) is 1.73. The van der Waals surface area contributed by atoms with Crippen LogP contribution in [0.3, 0.4) is 0 Å². The Morgan fingerprint density at radius 1 is 1.29 bits per heavy atom. The lowest BCUT2D eigenvalue weighted by Gasteiger charge is -2.35. The third-order valence-electron chi connectivity index (χ3n) is 5.15. The van der Waals surface area contributed by atoms with E-state index in [1.807, 2.05) is 6.07 Å². The van der Waals surface area contributed by atoms with Crippen molar-refractivity contribution in [2.45, 2.75) is 41.7 Å². The van der Waals surface area contributed by atoms with Crippen molar-refractivity contribution in [1.29, 1.82) is 0 Å². The highest BCUT2D eigenvalue weighted by molar-refractivity contribution is 7.91. The Labute approximate surface area is 142 Å². The molecule has 0 bridgehead atoms. The quantitative estimate of drug-likeness (QED) is 0.905. The molecule has 2 aliphatic heterocycles. The summed E-state index contributed by atoms with van der Waals surface area (Å²) in [6.07, 6.45) is 1.03. The number of aromatic nitrogens is 1. The van der Waals surface area contributed by atoms with E-state index in [0.717, 1.165) is 25.1 Å². The summed E-state index contributed by atoms with van der Waals surface area (Å²) in [5, 5.41) is 3.41. The number of nitrogens with zero attached hydrogens (tertiary/aromatic N) is 1. The molecular weight excluding hydrogens is 324 g/mol. The second-order valence-electron chi connectivity index (χ2n) is 6.76. The number of nitrogens with one attached hydrogen (secondary N) is 1. The topological polar surface area (TPSA) is 68.3 Å². The zero-order valence-corrected chi connectivity index (χ0v) is 14.6. The van der Waals surface area contributed by atoms with Crippen LogP contribution in [-0.2, 0) is 15.3 Å². The molecular formula is C18H20N2O3S. The molecule has 0 amide bonds. The van der Waals surface area contributed by atoms with Crippen LogP contribution in [0.25, 0.3) is 0 Å². The molecule has 0 spiro atoms. The molecule has 4 rings (SSSR count). The minimum absolute atomic E-state index is 0.0511. The number of ether oxygens (including phenoxy) is 1. The molecule has 0 aliphatic carbocycles. The third-order valence-corrected chi connectivity index (χ3v) is 6.80. The summed E-state index contributed by atoms with van der Waals surface area (Å²) in [6.45, 7) is 5.71. The minimum atomic E-state index is -3.64. The van der Waals surface area contributed by atoms with E-state index in [9.17, 15) is 8.42 Å². The molecule has 0 saturated carbocycles. The number of piperidine rings is 1. The number of hydrogen-bond donors (Lipinski definition) is 1. The maximum atomic E-state index is 12.8. The maximum Gasteiger partial charge on any atom is 0.223 e. The highest BCUT2D eigenvalue weighted by Gasteiger charge is 2.46. The van der Waals surface area contributed by atoms with Crippen LogP contribution in [0.4, 0.5) is 0 Å². The van der Waals surface area contributed by atoms with Crippen molar-refractivity contribution in [1.82, 2.24) is 10.3 Å². The Kier molecular flexibility index (Phi) is 3.44. The van der Waals surface area contributed by atoms with E-state index in [2.05, 4.69) is 17.2 Å². The van der Waals surface area contributed by atoms with Gasteiger partial charge >= 0.3 is 0 Å². The molecule has 2 aliphatic rings. The van der Waals surface area contributed by atoms with Crippen molar-refractivity contribution in [3.63, 3.8) is 0 Å². The first-order chi connectivity index (χ1) is 11.4. The standard InChI is InChI=1S/C18H20N2O3S/c1-12-4-3-5-17(20-12)24(21,22)13-6-7-14-15(10-13)23-16-11-19-9-8-18(14,16)2/h3-7,10,16,19H,8-9,11H2,1-2H3. The molecule has 0 radical (unpaired) electrons. The summed E-state index contributed by atoms with van der Waals surface area (Å²) in [5.74, 6) is 0.680. The van der Waals surface area contributed by atoms with Crippen LogP contribution < -0.4 is 10.1 Å². The van der Waals surface area contributed by atoms with Gasteiger partial charge < -0.3 is 10.1 Å². The molecule has 1 N–H and O–H groups in total. The Balaban J connectivity index is 1.78. The highest BCUT2D eigenvalue weighted by atomic mass is 32.2. The van der Waals surface area contributed by atoms with E-state index < -0.39 is 9.84 Å². The van der Waals surface area contributed by atoms with Crippen molar-refractivity contribution < 1.29 is 13.2 Å². The Morgan fingerprint density at radius 2 is 2.12 bits per heavy atom. The van der Waals surface area contributed by atoms with Gasteiger partial charge in [0.05, 0.1) is 4.90 Å². The molecule has 2 atom stereocenters. The van der Waals surface area contributed by atoms with E-state index >= 15 is 0 Å². The van der Waals surface area contributed by atoms with Gasteiger partial charge in [-0.15, -0.1) is 0 Å². The molecule has 126 valence electrons. The number of benzene rings is 1. The molecule has 1 fully saturated rings. The van der Waals surface area contributed by atoms with Gasteiger partial charge in [0.2, 0.25) is 9.84 Å². The van der Waals surface area contributed by atoms with Crippen LogP contribution in [0.15, 0.2) is 46.3 Å². The van der Waals surface area contributed by atoms with E-state index in [1.165, 1.54) is 6.07 Å². The van der Waals surface area contributed by atoms with Crippen LogP contribution in [-0.4, -0.2) is 32.6 Å². The van der Waals surface area contributed by atoms with Crippen LogP contribution in [0.5, 0.6) is 5.75 Å². The fourth-order valence-corrected chi connectivity index (χ4v) is 4.90. The fraction of sp³-hybridized carbons (Fsp3) is 0.389. The van der Waals surface area contributed by atoms with Gasteiger partial charge in [0.25, 0.3) is 0 Å². The molecule has 1 saturated heterocycles. The monoisotopic (exact) mass is 344 g/mol. The lowest BCUT2D eigenvalue weighted by atomic mass is 9.74. The Morgan fingerprint density at radius 3 is 2.92 bits per heavy atom. The van der Waals surface area contributed by atoms with Crippen LogP contribution in [0, 0.1) is 6.92 Å². The first-order valence-electron chi connectivity index (χ1n) is 8.12. The van der Waals surface area contributed by atoms with Crippen LogP contribution in [0.1, 0.15) is 24.6 Å². The number of pyridine rings is 1. The van der Waals surface area contributed by atoms with Crippen molar-refractivity contribution >= 4 is 9.84 Å². The molecule has 3 heterocycles. The second kappa shape index (κ2) is 5.29. The maximum absolute atomic E-state index is 12.8. The Bertz CT molecular complexity index is 910. The van der Waals surface area contributed by atoms with Gasteiger partial charge in [0.1, 0.15) is 11.9 Å². The van der Waals surface area contributed by atoms with Crippen molar-refractivity contribution in [3.8, 4) is 5.75 Å². The van der Waals surface area contributed by atoms with E-state index in [1.54, 1.807) is 31.2 Å². The van der Waals surface area contributed by atoms with E-state index in [4.69, 9.17) is 4.74 Å². The lowest BCUT2D eigenvalue weighted by molar-refractivity contribution is 0.123. The number of aryl methyl sites for hydroxylation is 1. The zero-order chi connectivity index (χ0) is 16.9. The molecule has 24 heavy (non-hydrogen) atoms. The first-order valence-corrected chi connectivity index (χ1v) is 9.60. The van der Waals surface area contributed by atoms with Crippen LogP contribution in [0.2, 0.25) is 0 Å². The first kappa shape index (κ1) is 15.6. The lowest BCUT2D eigenvalue weighted by Crippen LogP contribution is -2.49. The largest absolute Gasteiger partial charge is 0.488 e. The number of rotatable bonds is 2. The second-order valence-corrected chi connectivity index (χ2v) is 8.65. The van der Waals surface area contributed by atoms with Crippen molar-refractivity contribution in [2.24, 2.45) is 0 Å². The summed E-state index contributed by atoms with van der Waals surface area (Å²) in [6, 6.07) is 10.3. The zero-order valence-electron chi connectivity index (χ0n) is 13.7. The van der Waals surface area contributed by atoms with Crippen molar-refractivity contribution in [2.75, 3.05) is 13.1 Å². The van der Waals surface area contributed by atoms with Crippen LogP contribution >= 0.6 is 0 Å². The van der Waals surface area contributed by atoms with Gasteiger partial charge in [-0.1, -0.05) is 19.1 Å². The normalized spacial score (nSPS) is 25.7. The van der Waals surface area contributed by atoms with E-state index in [0.29, 0.717) is 11.4 Å². The SMILES string of the molecule is Cc1cccc(S(=O)(=O)c2ccc3c(c2)OC2CNCCC32C)n1. The fourth-order valence-electron chi connectivity index (χ4n) is 3.63. The predicted octanol–water partition coefficient (Wildman–Crippen LogP) is 2.23. The molecule has 1 aromatic heterocycles. The summed E-state index contributed by atoms with van der Waals surface area (Å²) in [7, 11) is -3.64. The highest BCUT2D eigenvalue weighted by Crippen LogP contribution is 2.47. The molecule has 2 unspecified atom stereocenters. The summed E-state index contributed by atoms with van der Waals surface area (Å²) in [4.78, 5) is 4.39. The van der Waals surface area contributed by atoms with Gasteiger partial charge in [-0.25, -0.2) is 13.4 Å². The van der Waals surface area contributed by atoms with Gasteiger partial charge in [-0.2, -0.15) is 0 Å². The number of sulfone groups is 1. The van der Waals surface area contributed by atoms with Gasteiger partial charge in [0, 0.05) is 23.2 Å². The molecule has 6 heteroatoms. The van der Waals surface area contributed by atoms with Gasteiger partial charge in [0.15, 0.2) is 5.03 Å². The smallest absolute Gasteiger partial charge is 0.223 e. The third kappa shape index (κ3) is 2.24. The average Bonchev–Trinajstić information content (AvgIpc) is 2.86. The molecule has 5 nitrogen and oxygen atoms in total. The van der Waals surface area contributed by atoms with Gasteiger partial charge in [-0.3, -0.25) is 0 Å². The summed E-state index contributed by atoms with van der Waals surface area (Å²) >= 11 is 0. The number of fused-ring (bicyclic) bond motifs is 3. The van der Waals surface area contributed by atoms with Gasteiger partial charge in [-0.05, 0) is 44.2 Å². The molecule has 1 aromatic carbocycles. The molecule has 2 aromatic rings. The van der Waals surface area contributed by atoms with Crippen molar-refractivity contribution in [3.05, 3.63) is 47.7 Å². The minimum Gasteiger partial charge on any atom is -0.488 e. The average molecular weight is 344 g/mol. The predicted molar refractivity (Wildman–Crippen MR) is 90.1 cm³/mol. The number of hydrogen-bond acceptors (Lipinski definition) is 5. The summed E-state index contributed by atoms with van der Waals surface area (Å²) < 4.78 is 31.8.